The molecule has 27 heavy (non-hydrogen) atoms. The van der Waals surface area contributed by atoms with Crippen LogP contribution in [0, 0.1) is 17.0 Å². The summed E-state index contributed by atoms with van der Waals surface area (Å²) in [5, 5.41) is 13.8. The standard InChI is InChI=1S/C20H24N4O3/c1-15-6-7-18(24(26)27)13-19(15)21-20(25)17-5-3-4-16(12-17)14-23-10-8-22(2)9-11-23/h3-7,12-13H,8-11,14H2,1-2H3,(H,21,25). The van der Waals surface area contributed by atoms with Crippen LogP contribution in [0.25, 0.3) is 0 Å². The average Bonchev–Trinajstić information content (AvgIpc) is 2.65. The fourth-order valence-corrected chi connectivity index (χ4v) is 3.13. The summed E-state index contributed by atoms with van der Waals surface area (Å²) in [7, 11) is 2.12. The average molecular weight is 368 g/mol. The Morgan fingerprint density at radius 3 is 2.59 bits per heavy atom. The van der Waals surface area contributed by atoms with E-state index in [4.69, 9.17) is 0 Å². The number of hydrogen-bond acceptors (Lipinski definition) is 5. The van der Waals surface area contributed by atoms with Crippen LogP contribution in [0.15, 0.2) is 42.5 Å². The predicted molar refractivity (Wildman–Crippen MR) is 105 cm³/mol. The van der Waals surface area contributed by atoms with E-state index in [2.05, 4.69) is 22.2 Å². The van der Waals surface area contributed by atoms with Gasteiger partial charge in [-0.15, -0.1) is 0 Å². The number of carbonyl (C=O) groups excluding carboxylic acids is 1. The molecule has 0 unspecified atom stereocenters. The van der Waals surface area contributed by atoms with Crippen LogP contribution >= 0.6 is 0 Å². The van der Waals surface area contributed by atoms with Gasteiger partial charge in [0, 0.05) is 50.4 Å². The lowest BCUT2D eigenvalue weighted by molar-refractivity contribution is -0.384. The molecule has 0 bridgehead atoms. The second-order valence-electron chi connectivity index (χ2n) is 6.99. The quantitative estimate of drug-likeness (QED) is 0.648. The Hall–Kier alpha value is -2.77. The van der Waals surface area contributed by atoms with Crippen LogP contribution in [-0.4, -0.2) is 53.9 Å². The van der Waals surface area contributed by atoms with E-state index >= 15 is 0 Å². The number of carbonyl (C=O) groups is 1. The molecule has 1 saturated heterocycles. The maximum Gasteiger partial charge on any atom is 0.271 e. The fraction of sp³-hybridized carbons (Fsp3) is 0.350. The molecular weight excluding hydrogens is 344 g/mol. The second-order valence-corrected chi connectivity index (χ2v) is 6.99. The fourth-order valence-electron chi connectivity index (χ4n) is 3.13. The number of non-ortho nitro benzene ring substituents is 1. The lowest BCUT2D eigenvalue weighted by atomic mass is 10.1. The van der Waals surface area contributed by atoms with Crippen LogP contribution in [0.5, 0.6) is 0 Å². The zero-order valence-electron chi connectivity index (χ0n) is 15.6. The van der Waals surface area contributed by atoms with Crippen molar-refractivity contribution >= 4 is 17.3 Å². The number of nitro groups is 1. The van der Waals surface area contributed by atoms with Crippen LogP contribution < -0.4 is 5.32 Å². The number of nitrogens with zero attached hydrogens (tertiary/aromatic N) is 3. The topological polar surface area (TPSA) is 78.7 Å². The van der Waals surface area contributed by atoms with Gasteiger partial charge in [0.25, 0.3) is 11.6 Å². The molecule has 0 spiro atoms. The third-order valence-electron chi connectivity index (χ3n) is 4.87. The van der Waals surface area contributed by atoms with Crippen molar-refractivity contribution in [2.75, 3.05) is 38.5 Å². The molecule has 1 amide bonds. The smallest absolute Gasteiger partial charge is 0.271 e. The van der Waals surface area contributed by atoms with Crippen molar-refractivity contribution in [3.63, 3.8) is 0 Å². The highest BCUT2D eigenvalue weighted by atomic mass is 16.6. The number of hydrogen-bond donors (Lipinski definition) is 1. The SMILES string of the molecule is Cc1ccc([N+](=O)[O-])cc1NC(=O)c1cccc(CN2CCN(C)CC2)c1. The number of likely N-dealkylation sites (N-methyl/N-ethyl adjacent to an activating group) is 1. The number of benzene rings is 2. The molecule has 3 rings (SSSR count). The second kappa shape index (κ2) is 8.28. The van der Waals surface area contributed by atoms with Crippen molar-refractivity contribution in [2.45, 2.75) is 13.5 Å². The lowest BCUT2D eigenvalue weighted by Gasteiger charge is -2.32. The third-order valence-corrected chi connectivity index (χ3v) is 4.87. The molecule has 1 aliphatic heterocycles. The minimum absolute atomic E-state index is 0.0419. The predicted octanol–water partition coefficient (Wildman–Crippen LogP) is 2.90. The molecule has 1 aliphatic rings. The maximum absolute atomic E-state index is 12.6. The van der Waals surface area contributed by atoms with Gasteiger partial charge in [-0.2, -0.15) is 0 Å². The molecule has 0 radical (unpaired) electrons. The molecule has 2 aromatic carbocycles. The zero-order chi connectivity index (χ0) is 19.4. The number of aryl methyl sites for hydroxylation is 1. The summed E-state index contributed by atoms with van der Waals surface area (Å²) in [4.78, 5) is 27.8. The minimum Gasteiger partial charge on any atom is -0.321 e. The zero-order valence-corrected chi connectivity index (χ0v) is 15.6. The molecule has 1 N–H and O–H groups in total. The third kappa shape index (κ3) is 4.90. The Labute approximate surface area is 158 Å². The van der Waals surface area contributed by atoms with Crippen molar-refractivity contribution in [3.8, 4) is 0 Å². The summed E-state index contributed by atoms with van der Waals surface area (Å²) in [5.41, 5.74) is 2.83. The van der Waals surface area contributed by atoms with Crippen molar-refractivity contribution in [1.82, 2.24) is 9.80 Å². The number of amides is 1. The first-order valence-corrected chi connectivity index (χ1v) is 8.98. The van der Waals surface area contributed by atoms with Gasteiger partial charge < -0.3 is 10.2 Å². The molecule has 142 valence electrons. The van der Waals surface area contributed by atoms with Crippen molar-refractivity contribution < 1.29 is 9.72 Å². The molecule has 0 aliphatic carbocycles. The van der Waals surface area contributed by atoms with Gasteiger partial charge in [0.1, 0.15) is 0 Å². The van der Waals surface area contributed by atoms with Crippen LogP contribution in [0.4, 0.5) is 11.4 Å². The highest BCUT2D eigenvalue weighted by molar-refractivity contribution is 6.04. The van der Waals surface area contributed by atoms with Crippen LogP contribution in [0.3, 0.4) is 0 Å². The number of nitrogens with one attached hydrogen (secondary N) is 1. The molecule has 0 saturated carbocycles. The first-order valence-electron chi connectivity index (χ1n) is 8.98. The Morgan fingerprint density at radius 1 is 1.15 bits per heavy atom. The summed E-state index contributed by atoms with van der Waals surface area (Å²) < 4.78 is 0. The van der Waals surface area contributed by atoms with Gasteiger partial charge in [0.2, 0.25) is 0 Å². The van der Waals surface area contributed by atoms with Gasteiger partial charge in [-0.3, -0.25) is 19.8 Å². The molecule has 7 heteroatoms. The van der Waals surface area contributed by atoms with Crippen LogP contribution in [0.1, 0.15) is 21.5 Å². The maximum atomic E-state index is 12.6. The summed E-state index contributed by atoms with van der Waals surface area (Å²) in [6, 6.07) is 12.0. The Morgan fingerprint density at radius 2 is 1.89 bits per heavy atom. The summed E-state index contributed by atoms with van der Waals surface area (Å²) in [6.07, 6.45) is 0. The monoisotopic (exact) mass is 368 g/mol. The van der Waals surface area contributed by atoms with E-state index in [1.807, 2.05) is 25.1 Å². The van der Waals surface area contributed by atoms with E-state index in [1.165, 1.54) is 12.1 Å². The molecular formula is C20H24N4O3. The lowest BCUT2D eigenvalue weighted by Crippen LogP contribution is -2.43. The van der Waals surface area contributed by atoms with E-state index in [0.29, 0.717) is 11.3 Å². The molecule has 0 atom stereocenters. The normalized spacial score (nSPS) is 15.5. The van der Waals surface area contributed by atoms with E-state index in [1.54, 1.807) is 12.1 Å². The van der Waals surface area contributed by atoms with Gasteiger partial charge in [-0.25, -0.2) is 0 Å². The summed E-state index contributed by atoms with van der Waals surface area (Å²) in [5.74, 6) is -0.265. The molecule has 2 aromatic rings. The highest BCUT2D eigenvalue weighted by Crippen LogP contribution is 2.22. The Balaban J connectivity index is 1.70. The highest BCUT2D eigenvalue weighted by Gasteiger charge is 2.16. The number of nitro benzene ring substituents is 1. The first kappa shape index (κ1) is 19.0. The van der Waals surface area contributed by atoms with Crippen molar-refractivity contribution in [1.29, 1.82) is 0 Å². The van der Waals surface area contributed by atoms with Gasteiger partial charge in [0.05, 0.1) is 10.6 Å². The molecule has 1 fully saturated rings. The number of piperazine rings is 1. The van der Waals surface area contributed by atoms with E-state index < -0.39 is 4.92 Å². The van der Waals surface area contributed by atoms with E-state index in [0.717, 1.165) is 43.9 Å². The number of anilines is 1. The number of rotatable bonds is 5. The van der Waals surface area contributed by atoms with Gasteiger partial charge in [-0.1, -0.05) is 18.2 Å². The van der Waals surface area contributed by atoms with Crippen molar-refractivity contribution in [3.05, 3.63) is 69.3 Å². The first-order chi connectivity index (χ1) is 12.9. The largest absolute Gasteiger partial charge is 0.321 e. The van der Waals surface area contributed by atoms with Crippen LogP contribution in [0.2, 0.25) is 0 Å². The van der Waals surface area contributed by atoms with E-state index in [9.17, 15) is 14.9 Å². The van der Waals surface area contributed by atoms with Crippen LogP contribution in [-0.2, 0) is 6.54 Å². The summed E-state index contributed by atoms with van der Waals surface area (Å²) in [6.45, 7) is 6.74. The van der Waals surface area contributed by atoms with E-state index in [-0.39, 0.29) is 11.6 Å². The van der Waals surface area contributed by atoms with Crippen molar-refractivity contribution in [2.24, 2.45) is 0 Å². The van der Waals surface area contributed by atoms with Gasteiger partial charge in [0.15, 0.2) is 0 Å². The Bertz CT molecular complexity index is 845. The summed E-state index contributed by atoms with van der Waals surface area (Å²) >= 11 is 0. The Kier molecular flexibility index (Phi) is 5.83. The van der Waals surface area contributed by atoms with Gasteiger partial charge in [-0.05, 0) is 37.2 Å². The molecule has 0 aromatic heterocycles. The van der Waals surface area contributed by atoms with Gasteiger partial charge >= 0.3 is 0 Å². The molecule has 1 heterocycles. The molecule has 7 nitrogen and oxygen atoms in total. The minimum atomic E-state index is -0.467.